The second-order valence-electron chi connectivity index (χ2n) is 5.58. The van der Waals surface area contributed by atoms with Gasteiger partial charge in [0.15, 0.2) is 0 Å². The number of hydrogen-bond acceptors (Lipinski definition) is 4. The van der Waals surface area contributed by atoms with Gasteiger partial charge in [-0.1, -0.05) is 20.8 Å². The van der Waals surface area contributed by atoms with Gasteiger partial charge >= 0.3 is 0 Å². The lowest BCUT2D eigenvalue weighted by Gasteiger charge is -2.23. The topological polar surface area (TPSA) is 66.8 Å². The summed E-state index contributed by atoms with van der Waals surface area (Å²) in [4.78, 5) is 13.8. The molecule has 0 radical (unpaired) electrons. The molecule has 0 aromatic heterocycles. The fourth-order valence-electron chi connectivity index (χ4n) is 1.79. The summed E-state index contributed by atoms with van der Waals surface area (Å²) in [5.41, 5.74) is -0.0176. The van der Waals surface area contributed by atoms with E-state index in [4.69, 9.17) is 0 Å². The van der Waals surface area contributed by atoms with E-state index in [0.29, 0.717) is 19.4 Å². The van der Waals surface area contributed by atoms with E-state index in [1.54, 1.807) is 0 Å². The third kappa shape index (κ3) is 4.22. The molecule has 98 valence electrons. The quantitative estimate of drug-likeness (QED) is 0.568. The molecule has 6 heteroatoms. The Morgan fingerprint density at radius 3 is 2.59 bits per heavy atom. The highest BCUT2D eigenvalue weighted by Crippen LogP contribution is 2.25. The molecule has 1 heterocycles. The molecule has 1 rings (SSSR count). The van der Waals surface area contributed by atoms with E-state index in [9.17, 15) is 13.2 Å². The van der Waals surface area contributed by atoms with Crippen molar-refractivity contribution in [3.63, 3.8) is 0 Å². The fourth-order valence-corrected chi connectivity index (χ4v) is 3.82. The minimum absolute atomic E-state index is 0.0176. The van der Waals surface area contributed by atoms with E-state index >= 15 is 0 Å². The minimum Gasteiger partial charge on any atom is -0.212 e. The largest absolute Gasteiger partial charge is 0.236 e. The third-order valence-electron chi connectivity index (χ3n) is 2.84. The van der Waals surface area contributed by atoms with Crippen LogP contribution in [0.5, 0.6) is 0 Å². The molecule has 0 bridgehead atoms. The van der Waals surface area contributed by atoms with Crippen LogP contribution in [0.3, 0.4) is 0 Å². The summed E-state index contributed by atoms with van der Waals surface area (Å²) in [6.07, 6.45) is 2.89. The summed E-state index contributed by atoms with van der Waals surface area (Å²) in [5, 5.41) is 0. The molecule has 0 spiro atoms. The standard InChI is InChI=1S/C11H20N2O3S/c1-11(2,3)6-8-17(15,16)13-7-4-5-10(13)12-9-14/h10H,4-8H2,1-3H3. The highest BCUT2D eigenvalue weighted by atomic mass is 32.2. The molecule has 1 saturated heterocycles. The third-order valence-corrected chi connectivity index (χ3v) is 4.70. The van der Waals surface area contributed by atoms with Crippen molar-refractivity contribution in [3.05, 3.63) is 0 Å². The Balaban J connectivity index is 2.73. The Kier molecular flexibility index (Phi) is 4.47. The average Bonchev–Trinajstić information content (AvgIpc) is 2.63. The molecule has 1 fully saturated rings. The molecule has 0 saturated carbocycles. The number of nitrogens with zero attached hydrogens (tertiary/aromatic N) is 2. The van der Waals surface area contributed by atoms with Crippen LogP contribution in [0.15, 0.2) is 4.99 Å². The van der Waals surface area contributed by atoms with E-state index in [-0.39, 0.29) is 11.2 Å². The zero-order valence-electron chi connectivity index (χ0n) is 10.6. The molecular formula is C11H20N2O3S. The zero-order valence-corrected chi connectivity index (χ0v) is 11.5. The maximum Gasteiger partial charge on any atom is 0.236 e. The Labute approximate surface area is 103 Å². The van der Waals surface area contributed by atoms with Crippen molar-refractivity contribution >= 4 is 16.1 Å². The van der Waals surface area contributed by atoms with Crippen molar-refractivity contribution in [2.24, 2.45) is 10.4 Å². The van der Waals surface area contributed by atoms with Gasteiger partial charge in [0.1, 0.15) is 6.17 Å². The highest BCUT2D eigenvalue weighted by Gasteiger charge is 2.34. The van der Waals surface area contributed by atoms with Gasteiger partial charge < -0.3 is 0 Å². The first-order chi connectivity index (χ1) is 7.76. The summed E-state index contributed by atoms with van der Waals surface area (Å²) in [6, 6.07) is 0. The summed E-state index contributed by atoms with van der Waals surface area (Å²) in [5.74, 6) is 0.112. The molecule has 1 aliphatic heterocycles. The maximum atomic E-state index is 12.1. The molecule has 0 aromatic rings. The van der Waals surface area contributed by atoms with Crippen molar-refractivity contribution in [1.29, 1.82) is 0 Å². The van der Waals surface area contributed by atoms with Gasteiger partial charge in [-0.15, -0.1) is 0 Å². The van der Waals surface area contributed by atoms with Crippen LogP contribution >= 0.6 is 0 Å². The lowest BCUT2D eigenvalue weighted by atomic mass is 9.94. The second kappa shape index (κ2) is 5.29. The van der Waals surface area contributed by atoms with Crippen LogP contribution in [0.25, 0.3) is 0 Å². The van der Waals surface area contributed by atoms with E-state index in [1.807, 2.05) is 20.8 Å². The summed E-state index contributed by atoms with van der Waals surface area (Å²) >= 11 is 0. The molecule has 0 aliphatic carbocycles. The first-order valence-electron chi connectivity index (χ1n) is 5.83. The first-order valence-corrected chi connectivity index (χ1v) is 7.44. The van der Waals surface area contributed by atoms with Crippen LogP contribution < -0.4 is 0 Å². The molecule has 0 amide bonds. The van der Waals surface area contributed by atoms with Crippen molar-refractivity contribution < 1.29 is 13.2 Å². The van der Waals surface area contributed by atoms with Crippen LogP contribution in [-0.4, -0.2) is 37.3 Å². The normalized spacial score (nSPS) is 22.4. The van der Waals surface area contributed by atoms with Crippen molar-refractivity contribution in [2.45, 2.75) is 46.2 Å². The van der Waals surface area contributed by atoms with Crippen LogP contribution in [0, 0.1) is 5.41 Å². The van der Waals surface area contributed by atoms with Crippen molar-refractivity contribution in [3.8, 4) is 0 Å². The summed E-state index contributed by atoms with van der Waals surface area (Å²) < 4.78 is 25.5. The Hall–Kier alpha value is -0.710. The average molecular weight is 260 g/mol. The lowest BCUT2D eigenvalue weighted by molar-refractivity contribution is 0.371. The zero-order chi connectivity index (χ0) is 13.1. The van der Waals surface area contributed by atoms with E-state index < -0.39 is 16.2 Å². The van der Waals surface area contributed by atoms with Gasteiger partial charge in [-0.2, -0.15) is 9.30 Å². The number of hydrogen-bond donors (Lipinski definition) is 0. The molecule has 0 aromatic carbocycles. The molecule has 17 heavy (non-hydrogen) atoms. The van der Waals surface area contributed by atoms with Crippen LogP contribution in [0.2, 0.25) is 0 Å². The van der Waals surface area contributed by atoms with E-state index in [1.165, 1.54) is 10.4 Å². The molecule has 1 unspecified atom stereocenters. The minimum atomic E-state index is -3.30. The summed E-state index contributed by atoms with van der Waals surface area (Å²) in [7, 11) is -3.30. The number of carbonyl (C=O) groups excluding carboxylic acids is 1. The monoisotopic (exact) mass is 260 g/mol. The van der Waals surface area contributed by atoms with Gasteiger partial charge in [0.25, 0.3) is 0 Å². The highest BCUT2D eigenvalue weighted by molar-refractivity contribution is 7.89. The Morgan fingerprint density at radius 1 is 1.41 bits per heavy atom. The Morgan fingerprint density at radius 2 is 2.06 bits per heavy atom. The van der Waals surface area contributed by atoms with E-state index in [2.05, 4.69) is 4.99 Å². The SMILES string of the molecule is CC(C)(C)CCS(=O)(=O)N1CCCC1N=C=O. The van der Waals surface area contributed by atoms with Gasteiger partial charge in [0.05, 0.1) is 5.75 Å². The number of sulfonamides is 1. The van der Waals surface area contributed by atoms with E-state index in [0.717, 1.165) is 6.42 Å². The van der Waals surface area contributed by atoms with Crippen LogP contribution in [0.4, 0.5) is 0 Å². The van der Waals surface area contributed by atoms with Gasteiger partial charge in [0.2, 0.25) is 16.1 Å². The number of rotatable bonds is 4. The molecule has 5 nitrogen and oxygen atoms in total. The van der Waals surface area contributed by atoms with Gasteiger partial charge in [-0.3, -0.25) is 0 Å². The fraction of sp³-hybridized carbons (Fsp3) is 0.909. The van der Waals surface area contributed by atoms with Gasteiger partial charge in [-0.25, -0.2) is 13.2 Å². The number of isocyanates is 1. The molecular weight excluding hydrogens is 240 g/mol. The molecule has 0 N–H and O–H groups in total. The first kappa shape index (κ1) is 14.4. The maximum absolute atomic E-state index is 12.1. The van der Waals surface area contributed by atoms with Gasteiger partial charge in [-0.05, 0) is 24.7 Å². The van der Waals surface area contributed by atoms with Crippen LogP contribution in [0.1, 0.15) is 40.0 Å². The molecule has 1 atom stereocenters. The van der Waals surface area contributed by atoms with Crippen LogP contribution in [-0.2, 0) is 14.8 Å². The second-order valence-corrected chi connectivity index (χ2v) is 7.62. The van der Waals surface area contributed by atoms with Crippen molar-refractivity contribution in [2.75, 3.05) is 12.3 Å². The summed E-state index contributed by atoms with van der Waals surface area (Å²) in [6.45, 7) is 6.48. The lowest BCUT2D eigenvalue weighted by Crippen LogP contribution is -2.36. The Bertz CT molecular complexity index is 405. The predicted octanol–water partition coefficient (Wildman–Crippen LogP) is 1.51. The van der Waals surface area contributed by atoms with Gasteiger partial charge in [0, 0.05) is 6.54 Å². The number of aliphatic imine (C=N–C) groups is 1. The van der Waals surface area contributed by atoms with Crippen molar-refractivity contribution in [1.82, 2.24) is 4.31 Å². The smallest absolute Gasteiger partial charge is 0.212 e. The predicted molar refractivity (Wildman–Crippen MR) is 65.7 cm³/mol. The molecule has 1 aliphatic rings.